The first-order valence-corrected chi connectivity index (χ1v) is 4.95. The van der Waals surface area contributed by atoms with Gasteiger partial charge in [-0.2, -0.15) is 0 Å². The van der Waals surface area contributed by atoms with E-state index in [2.05, 4.69) is 10.3 Å². The third kappa shape index (κ3) is 3.05. The van der Waals surface area contributed by atoms with E-state index in [0.29, 0.717) is 0 Å². The highest BCUT2D eigenvalue weighted by atomic mass is 16.4. The summed E-state index contributed by atoms with van der Waals surface area (Å²) in [5, 5.41) is 13.1. The Kier molecular flexibility index (Phi) is 3.99. The Balaban J connectivity index is 2.74. The fourth-order valence-electron chi connectivity index (χ4n) is 1.21. The lowest BCUT2D eigenvalue weighted by molar-refractivity contribution is -0.309. The normalized spacial score (nSPS) is 12.2. The first-order valence-electron chi connectivity index (χ1n) is 4.95. The molecule has 1 heterocycles. The number of aromatic nitrogens is 1. The summed E-state index contributed by atoms with van der Waals surface area (Å²) in [6, 6.07) is 3.84. The van der Waals surface area contributed by atoms with Crippen molar-refractivity contribution in [3.63, 3.8) is 0 Å². The number of carbonyl (C=O) groups excluding carboxylic acids is 2. The van der Waals surface area contributed by atoms with E-state index in [1.807, 2.05) is 0 Å². The van der Waals surface area contributed by atoms with Crippen molar-refractivity contribution in [1.29, 1.82) is 0 Å². The zero-order chi connectivity index (χ0) is 12.1. The van der Waals surface area contributed by atoms with Crippen molar-refractivity contribution < 1.29 is 14.7 Å². The van der Waals surface area contributed by atoms with Crippen LogP contribution in [0.2, 0.25) is 0 Å². The number of hydrogen-bond acceptors (Lipinski definition) is 4. The molecule has 0 saturated carbocycles. The maximum atomic E-state index is 11.6. The molecule has 1 atom stereocenters. The maximum Gasteiger partial charge on any atom is 0.270 e. The molecule has 0 saturated heterocycles. The Morgan fingerprint density at radius 3 is 2.50 bits per heavy atom. The van der Waals surface area contributed by atoms with Gasteiger partial charge in [-0.3, -0.25) is 9.78 Å². The van der Waals surface area contributed by atoms with Crippen LogP contribution in [0, 0.1) is 5.92 Å². The van der Waals surface area contributed by atoms with E-state index in [9.17, 15) is 14.7 Å². The summed E-state index contributed by atoms with van der Waals surface area (Å²) < 4.78 is 0. The maximum absolute atomic E-state index is 11.6. The Hall–Kier alpha value is -1.91. The molecular formula is C11H13N2O3-. The van der Waals surface area contributed by atoms with Gasteiger partial charge in [-0.05, 0) is 18.1 Å². The van der Waals surface area contributed by atoms with E-state index < -0.39 is 17.9 Å². The fourth-order valence-corrected chi connectivity index (χ4v) is 1.21. The van der Waals surface area contributed by atoms with Crippen LogP contribution in [0.1, 0.15) is 24.3 Å². The standard InChI is InChI=1S/C11H14N2O3/c1-7(2)9(11(15)16)13-10(14)8-5-3-4-6-12-8/h3-7,9H,1-2H3,(H,13,14)(H,15,16)/p-1/t9-/m0/s1. The van der Waals surface area contributed by atoms with Crippen molar-refractivity contribution >= 4 is 11.9 Å². The second kappa shape index (κ2) is 5.25. The van der Waals surface area contributed by atoms with Gasteiger partial charge in [0.05, 0.1) is 12.0 Å². The van der Waals surface area contributed by atoms with Gasteiger partial charge < -0.3 is 15.2 Å². The smallest absolute Gasteiger partial charge is 0.270 e. The summed E-state index contributed by atoms with van der Waals surface area (Å²) in [6.07, 6.45) is 1.47. The molecule has 0 unspecified atom stereocenters. The molecule has 0 aliphatic rings. The summed E-state index contributed by atoms with van der Waals surface area (Å²) in [6.45, 7) is 3.39. The van der Waals surface area contributed by atoms with E-state index in [1.165, 1.54) is 12.3 Å². The summed E-state index contributed by atoms with van der Waals surface area (Å²) in [4.78, 5) is 26.2. The van der Waals surface area contributed by atoms with Crippen LogP contribution in [-0.4, -0.2) is 22.9 Å². The van der Waals surface area contributed by atoms with E-state index in [0.717, 1.165) is 0 Å². The fraction of sp³-hybridized carbons (Fsp3) is 0.364. The molecule has 0 aromatic carbocycles. The largest absolute Gasteiger partial charge is 0.548 e. The van der Waals surface area contributed by atoms with Crippen molar-refractivity contribution in [3.05, 3.63) is 30.1 Å². The highest BCUT2D eigenvalue weighted by Gasteiger charge is 2.18. The number of carboxylic acid groups (broad SMARTS) is 1. The summed E-state index contributed by atoms with van der Waals surface area (Å²) in [7, 11) is 0. The minimum Gasteiger partial charge on any atom is -0.548 e. The zero-order valence-corrected chi connectivity index (χ0v) is 9.14. The predicted octanol–water partition coefficient (Wildman–Crippen LogP) is -0.414. The molecule has 5 heteroatoms. The van der Waals surface area contributed by atoms with Crippen LogP contribution >= 0.6 is 0 Å². The van der Waals surface area contributed by atoms with Crippen LogP contribution < -0.4 is 10.4 Å². The van der Waals surface area contributed by atoms with Crippen molar-refractivity contribution in [1.82, 2.24) is 10.3 Å². The van der Waals surface area contributed by atoms with Crippen LogP contribution in [-0.2, 0) is 4.79 Å². The van der Waals surface area contributed by atoms with Crippen LogP contribution in [0.4, 0.5) is 0 Å². The van der Waals surface area contributed by atoms with Gasteiger partial charge in [-0.25, -0.2) is 0 Å². The Bertz CT molecular complexity index is 376. The van der Waals surface area contributed by atoms with Crippen LogP contribution in [0.5, 0.6) is 0 Å². The first-order chi connectivity index (χ1) is 7.52. The molecule has 0 spiro atoms. The lowest BCUT2D eigenvalue weighted by Crippen LogP contribution is -2.50. The number of carbonyl (C=O) groups is 2. The molecule has 0 fully saturated rings. The summed E-state index contributed by atoms with van der Waals surface area (Å²) in [5.74, 6) is -2.04. The van der Waals surface area contributed by atoms with Crippen molar-refractivity contribution in [3.8, 4) is 0 Å². The molecule has 0 aliphatic heterocycles. The number of nitrogens with zero attached hydrogens (tertiary/aromatic N) is 1. The van der Waals surface area contributed by atoms with Crippen molar-refractivity contribution in [2.24, 2.45) is 5.92 Å². The van der Waals surface area contributed by atoms with E-state index >= 15 is 0 Å². The van der Waals surface area contributed by atoms with Crippen molar-refractivity contribution in [2.45, 2.75) is 19.9 Å². The molecule has 1 aromatic heterocycles. The third-order valence-electron chi connectivity index (χ3n) is 2.10. The number of hydrogen-bond donors (Lipinski definition) is 1. The monoisotopic (exact) mass is 221 g/mol. The van der Waals surface area contributed by atoms with E-state index in [1.54, 1.807) is 26.0 Å². The highest BCUT2D eigenvalue weighted by Crippen LogP contribution is 2.02. The number of aliphatic carboxylic acids is 1. The van der Waals surface area contributed by atoms with Crippen LogP contribution in [0.3, 0.4) is 0 Å². The lowest BCUT2D eigenvalue weighted by Gasteiger charge is -2.22. The van der Waals surface area contributed by atoms with Crippen LogP contribution in [0.15, 0.2) is 24.4 Å². The van der Waals surface area contributed by atoms with Gasteiger partial charge in [0.25, 0.3) is 5.91 Å². The molecule has 1 N–H and O–H groups in total. The first kappa shape index (κ1) is 12.2. The van der Waals surface area contributed by atoms with E-state index in [4.69, 9.17) is 0 Å². The number of rotatable bonds is 4. The summed E-state index contributed by atoms with van der Waals surface area (Å²) >= 11 is 0. The Labute approximate surface area is 93.5 Å². The Morgan fingerprint density at radius 2 is 2.06 bits per heavy atom. The molecule has 86 valence electrons. The van der Waals surface area contributed by atoms with Gasteiger partial charge in [0.1, 0.15) is 5.69 Å². The third-order valence-corrected chi connectivity index (χ3v) is 2.10. The average molecular weight is 221 g/mol. The quantitative estimate of drug-likeness (QED) is 0.749. The number of amides is 1. The van der Waals surface area contributed by atoms with Gasteiger partial charge in [0, 0.05) is 6.20 Å². The van der Waals surface area contributed by atoms with Gasteiger partial charge in [0.2, 0.25) is 0 Å². The molecule has 1 amide bonds. The average Bonchev–Trinajstić information content (AvgIpc) is 2.25. The molecule has 16 heavy (non-hydrogen) atoms. The van der Waals surface area contributed by atoms with Gasteiger partial charge in [0.15, 0.2) is 0 Å². The SMILES string of the molecule is CC(C)[C@H](NC(=O)c1ccccn1)C(=O)[O-]. The Morgan fingerprint density at radius 1 is 1.38 bits per heavy atom. The zero-order valence-electron chi connectivity index (χ0n) is 9.14. The summed E-state index contributed by atoms with van der Waals surface area (Å²) in [5.41, 5.74) is 0.189. The van der Waals surface area contributed by atoms with Gasteiger partial charge >= 0.3 is 0 Å². The second-order valence-corrected chi connectivity index (χ2v) is 3.73. The predicted molar refractivity (Wildman–Crippen MR) is 55.3 cm³/mol. The van der Waals surface area contributed by atoms with E-state index in [-0.39, 0.29) is 11.6 Å². The topological polar surface area (TPSA) is 82.1 Å². The molecule has 1 aromatic rings. The molecule has 5 nitrogen and oxygen atoms in total. The molecule has 1 rings (SSSR count). The molecule has 0 radical (unpaired) electrons. The molecule has 0 bridgehead atoms. The molecular weight excluding hydrogens is 208 g/mol. The minimum absolute atomic E-state index is 0.189. The minimum atomic E-state index is -1.29. The lowest BCUT2D eigenvalue weighted by atomic mass is 10.0. The second-order valence-electron chi connectivity index (χ2n) is 3.73. The van der Waals surface area contributed by atoms with Gasteiger partial charge in [-0.15, -0.1) is 0 Å². The van der Waals surface area contributed by atoms with Gasteiger partial charge in [-0.1, -0.05) is 19.9 Å². The van der Waals surface area contributed by atoms with Crippen LogP contribution in [0.25, 0.3) is 0 Å². The van der Waals surface area contributed by atoms with Crippen molar-refractivity contribution in [2.75, 3.05) is 0 Å². The number of pyridine rings is 1. The number of nitrogens with one attached hydrogen (secondary N) is 1. The number of carboxylic acids is 1. The molecule has 0 aliphatic carbocycles. The highest BCUT2D eigenvalue weighted by molar-refractivity contribution is 5.94.